The average Bonchev–Trinajstić information content (AvgIpc) is 2.50. The third-order valence-electron chi connectivity index (χ3n) is 3.66. The maximum absolute atomic E-state index is 12.0. The van der Waals surface area contributed by atoms with Gasteiger partial charge in [-0.3, -0.25) is 4.79 Å². The van der Waals surface area contributed by atoms with Crippen molar-refractivity contribution in [3.05, 3.63) is 46.3 Å². The van der Waals surface area contributed by atoms with Crippen LogP contribution < -0.4 is 10.9 Å². The highest BCUT2D eigenvalue weighted by atomic mass is 16.4. The van der Waals surface area contributed by atoms with Crippen molar-refractivity contribution in [1.82, 2.24) is 5.32 Å². The number of benzene rings is 1. The number of carbonyl (C=O) groups is 1. The predicted molar refractivity (Wildman–Crippen MR) is 80.3 cm³/mol. The van der Waals surface area contributed by atoms with Gasteiger partial charge in [-0.25, -0.2) is 4.79 Å². The molecule has 0 bridgehead atoms. The van der Waals surface area contributed by atoms with Crippen molar-refractivity contribution >= 4 is 16.9 Å². The minimum Gasteiger partial charge on any atom is -0.422 e. The van der Waals surface area contributed by atoms with Gasteiger partial charge in [0.1, 0.15) is 11.1 Å². The second-order valence-electron chi connectivity index (χ2n) is 5.15. The van der Waals surface area contributed by atoms with Crippen LogP contribution in [0.4, 0.5) is 0 Å². The quantitative estimate of drug-likeness (QED) is 0.824. The Morgan fingerprint density at radius 3 is 2.81 bits per heavy atom. The molecule has 0 saturated carbocycles. The summed E-state index contributed by atoms with van der Waals surface area (Å²) in [6, 6.07) is 8.50. The minimum atomic E-state index is -0.677. The van der Waals surface area contributed by atoms with Crippen LogP contribution in [0.5, 0.6) is 0 Å². The van der Waals surface area contributed by atoms with Crippen molar-refractivity contribution in [3.8, 4) is 0 Å². The van der Waals surface area contributed by atoms with Crippen LogP contribution in [0, 0.1) is 5.92 Å². The number of fused-ring (bicyclic) bond motifs is 1. The van der Waals surface area contributed by atoms with E-state index in [1.807, 2.05) is 13.8 Å². The largest absolute Gasteiger partial charge is 0.422 e. The molecule has 1 amide bonds. The Morgan fingerprint density at radius 1 is 1.38 bits per heavy atom. The van der Waals surface area contributed by atoms with Crippen LogP contribution in [-0.2, 0) is 0 Å². The number of rotatable bonds is 5. The number of amides is 1. The fourth-order valence-corrected chi connectivity index (χ4v) is 1.99. The molecule has 2 rings (SSSR count). The Bertz CT molecular complexity index is 692. The van der Waals surface area contributed by atoms with Crippen LogP contribution in [-0.4, -0.2) is 23.7 Å². The Hall–Kier alpha value is -2.14. The highest BCUT2D eigenvalue weighted by Gasteiger charge is 2.17. The zero-order valence-electron chi connectivity index (χ0n) is 12.1. The molecule has 21 heavy (non-hydrogen) atoms. The summed E-state index contributed by atoms with van der Waals surface area (Å²) >= 11 is 0. The molecule has 0 aliphatic heterocycles. The standard InChI is InChI=1S/C16H19NO4/c1-3-10(2)13(18)9-17-15(19)12-8-11-6-4-5-7-14(11)21-16(12)20/h4-8,10,13,18H,3,9H2,1-2H3,(H,17,19). The van der Waals surface area contributed by atoms with Gasteiger partial charge in [0.25, 0.3) is 5.91 Å². The van der Waals surface area contributed by atoms with Gasteiger partial charge in [0.2, 0.25) is 0 Å². The van der Waals surface area contributed by atoms with E-state index in [9.17, 15) is 14.7 Å². The van der Waals surface area contributed by atoms with Crippen molar-refractivity contribution in [3.63, 3.8) is 0 Å². The predicted octanol–water partition coefficient (Wildman–Crippen LogP) is 1.93. The average molecular weight is 289 g/mol. The first-order valence-electron chi connectivity index (χ1n) is 7.02. The molecule has 5 nitrogen and oxygen atoms in total. The number of aliphatic hydroxyl groups is 1. The second kappa shape index (κ2) is 6.54. The number of aliphatic hydroxyl groups excluding tert-OH is 1. The van der Waals surface area contributed by atoms with Gasteiger partial charge >= 0.3 is 5.63 Å². The highest BCUT2D eigenvalue weighted by molar-refractivity contribution is 5.96. The summed E-state index contributed by atoms with van der Waals surface area (Å²) in [5, 5.41) is 13.1. The molecule has 1 aromatic heterocycles. The van der Waals surface area contributed by atoms with E-state index in [1.54, 1.807) is 24.3 Å². The van der Waals surface area contributed by atoms with E-state index < -0.39 is 17.6 Å². The van der Waals surface area contributed by atoms with E-state index in [1.165, 1.54) is 6.07 Å². The third kappa shape index (κ3) is 3.49. The lowest BCUT2D eigenvalue weighted by molar-refractivity contribution is 0.0847. The molecule has 5 heteroatoms. The zero-order chi connectivity index (χ0) is 15.4. The van der Waals surface area contributed by atoms with E-state index in [2.05, 4.69) is 5.32 Å². The fourth-order valence-electron chi connectivity index (χ4n) is 1.99. The molecule has 0 fully saturated rings. The van der Waals surface area contributed by atoms with Gasteiger partial charge in [-0.1, -0.05) is 38.5 Å². The lowest BCUT2D eigenvalue weighted by atomic mass is 10.0. The van der Waals surface area contributed by atoms with Crippen molar-refractivity contribution in [2.75, 3.05) is 6.54 Å². The first-order chi connectivity index (χ1) is 10.0. The van der Waals surface area contributed by atoms with Crippen molar-refractivity contribution < 1.29 is 14.3 Å². The summed E-state index contributed by atoms with van der Waals surface area (Å²) in [7, 11) is 0. The smallest absolute Gasteiger partial charge is 0.349 e. The van der Waals surface area contributed by atoms with Gasteiger partial charge in [0.05, 0.1) is 6.10 Å². The number of nitrogens with one attached hydrogen (secondary N) is 1. The van der Waals surface area contributed by atoms with Crippen molar-refractivity contribution in [2.24, 2.45) is 5.92 Å². The van der Waals surface area contributed by atoms with Crippen LogP contribution in [0.25, 0.3) is 11.0 Å². The minimum absolute atomic E-state index is 0.0509. The molecule has 2 atom stereocenters. The summed E-state index contributed by atoms with van der Waals surface area (Å²) in [5.41, 5.74) is -0.284. The molecule has 2 N–H and O–H groups in total. The van der Waals surface area contributed by atoms with E-state index >= 15 is 0 Å². The fraction of sp³-hybridized carbons (Fsp3) is 0.375. The normalized spacial score (nSPS) is 13.9. The molecule has 2 aromatic rings. The molecular formula is C16H19NO4. The number of para-hydroxylation sites is 1. The van der Waals surface area contributed by atoms with Gasteiger partial charge in [-0.15, -0.1) is 0 Å². The van der Waals surface area contributed by atoms with E-state index in [4.69, 9.17) is 4.42 Å². The first-order valence-corrected chi connectivity index (χ1v) is 7.02. The second-order valence-corrected chi connectivity index (χ2v) is 5.15. The summed E-state index contributed by atoms with van der Waals surface area (Å²) in [6.07, 6.45) is 0.182. The van der Waals surface area contributed by atoms with Gasteiger partial charge < -0.3 is 14.8 Å². The number of hydrogen-bond donors (Lipinski definition) is 2. The van der Waals surface area contributed by atoms with E-state index in [0.29, 0.717) is 11.0 Å². The molecule has 0 saturated heterocycles. The molecule has 1 aromatic carbocycles. The van der Waals surface area contributed by atoms with Gasteiger partial charge in [0, 0.05) is 11.9 Å². The van der Waals surface area contributed by atoms with Crippen LogP contribution in [0.3, 0.4) is 0 Å². The highest BCUT2D eigenvalue weighted by Crippen LogP contribution is 2.12. The van der Waals surface area contributed by atoms with Gasteiger partial charge in [-0.2, -0.15) is 0 Å². The van der Waals surface area contributed by atoms with E-state index in [-0.39, 0.29) is 18.0 Å². The topological polar surface area (TPSA) is 79.5 Å². The Morgan fingerprint density at radius 2 is 2.10 bits per heavy atom. The molecule has 2 unspecified atom stereocenters. The summed E-state index contributed by atoms with van der Waals surface area (Å²) in [6.45, 7) is 3.98. The lowest BCUT2D eigenvalue weighted by Crippen LogP contribution is -2.37. The molecule has 1 heterocycles. The van der Waals surface area contributed by atoms with Crippen molar-refractivity contribution in [1.29, 1.82) is 0 Å². The molecule has 0 radical (unpaired) electrons. The summed E-state index contributed by atoms with van der Waals surface area (Å²) in [5.74, 6) is -0.449. The van der Waals surface area contributed by atoms with Gasteiger partial charge in [0.15, 0.2) is 0 Å². The Balaban J connectivity index is 2.16. The lowest BCUT2D eigenvalue weighted by Gasteiger charge is -2.17. The van der Waals surface area contributed by atoms with Crippen LogP contribution in [0.1, 0.15) is 30.6 Å². The zero-order valence-corrected chi connectivity index (χ0v) is 12.1. The summed E-state index contributed by atoms with van der Waals surface area (Å²) < 4.78 is 5.11. The molecule has 0 spiro atoms. The third-order valence-corrected chi connectivity index (χ3v) is 3.66. The van der Waals surface area contributed by atoms with E-state index in [0.717, 1.165) is 6.42 Å². The number of hydrogen-bond acceptors (Lipinski definition) is 4. The SMILES string of the molecule is CCC(C)C(O)CNC(=O)c1cc2ccccc2oc1=O. The molecule has 0 aliphatic rings. The first kappa shape index (κ1) is 15.3. The molecule has 0 aliphatic carbocycles. The monoisotopic (exact) mass is 289 g/mol. The molecular weight excluding hydrogens is 270 g/mol. The van der Waals surface area contributed by atoms with Crippen molar-refractivity contribution in [2.45, 2.75) is 26.4 Å². The number of carbonyl (C=O) groups excluding carboxylic acids is 1. The Labute approximate surface area is 122 Å². The molecule has 112 valence electrons. The van der Waals surface area contributed by atoms with Crippen LogP contribution in [0.2, 0.25) is 0 Å². The maximum Gasteiger partial charge on any atom is 0.349 e. The van der Waals surface area contributed by atoms with Crippen LogP contribution >= 0.6 is 0 Å². The maximum atomic E-state index is 12.0. The van der Waals surface area contributed by atoms with Gasteiger partial charge in [-0.05, 0) is 18.1 Å². The summed E-state index contributed by atoms with van der Waals surface area (Å²) in [4.78, 5) is 23.9. The van der Waals surface area contributed by atoms with Crippen LogP contribution in [0.15, 0.2) is 39.5 Å². The Kier molecular flexibility index (Phi) is 4.75.